The number of hydrogen-bond donors (Lipinski definition) is 2. The van der Waals surface area contributed by atoms with Crippen molar-refractivity contribution in [1.29, 1.82) is 0 Å². The van der Waals surface area contributed by atoms with Gasteiger partial charge in [-0.25, -0.2) is 9.97 Å². The summed E-state index contributed by atoms with van der Waals surface area (Å²) in [6, 6.07) is 0. The first kappa shape index (κ1) is 16.2. The fraction of sp³-hybridized carbons (Fsp3) is 0.583. The number of aliphatic hydroxyl groups is 1. The maximum absolute atomic E-state index is 11.9. The molecule has 0 aromatic carbocycles. The SMILES string of the molecule is CSc1ncc(Cl)c(C(=O)NCC(O)CC(C)C)n1. The molecular weight excluding hydrogens is 286 g/mol. The van der Waals surface area contributed by atoms with E-state index in [9.17, 15) is 9.90 Å². The molecule has 1 atom stereocenters. The average Bonchev–Trinajstić information content (AvgIpc) is 2.35. The van der Waals surface area contributed by atoms with Crippen LogP contribution >= 0.6 is 23.4 Å². The van der Waals surface area contributed by atoms with Crippen LogP contribution in [0.4, 0.5) is 0 Å². The molecule has 1 aromatic heterocycles. The number of carbonyl (C=O) groups is 1. The zero-order chi connectivity index (χ0) is 14.4. The van der Waals surface area contributed by atoms with Crippen molar-refractivity contribution >= 4 is 29.3 Å². The van der Waals surface area contributed by atoms with E-state index in [0.29, 0.717) is 17.5 Å². The fourth-order valence-electron chi connectivity index (χ4n) is 1.53. The molecule has 1 aromatic rings. The molecule has 1 unspecified atom stereocenters. The van der Waals surface area contributed by atoms with Crippen molar-refractivity contribution < 1.29 is 9.90 Å². The molecule has 7 heteroatoms. The van der Waals surface area contributed by atoms with Gasteiger partial charge in [-0.1, -0.05) is 37.2 Å². The topological polar surface area (TPSA) is 75.1 Å². The van der Waals surface area contributed by atoms with Gasteiger partial charge in [0.15, 0.2) is 10.9 Å². The second kappa shape index (κ2) is 7.67. The first-order valence-electron chi connectivity index (χ1n) is 5.96. The van der Waals surface area contributed by atoms with Crippen LogP contribution < -0.4 is 5.32 Å². The third kappa shape index (κ3) is 5.34. The third-order valence-electron chi connectivity index (χ3n) is 2.36. The zero-order valence-electron chi connectivity index (χ0n) is 11.2. The van der Waals surface area contributed by atoms with Crippen LogP contribution in [0.1, 0.15) is 30.8 Å². The number of rotatable bonds is 6. The Hall–Kier alpha value is -0.850. The average molecular weight is 304 g/mol. The van der Waals surface area contributed by atoms with Crippen LogP contribution in [-0.4, -0.2) is 39.9 Å². The van der Waals surface area contributed by atoms with Gasteiger partial charge in [0, 0.05) is 6.54 Å². The van der Waals surface area contributed by atoms with Crippen LogP contribution in [0.2, 0.25) is 5.02 Å². The van der Waals surface area contributed by atoms with E-state index in [1.54, 1.807) is 0 Å². The van der Waals surface area contributed by atoms with Crippen molar-refractivity contribution in [3.05, 3.63) is 16.9 Å². The number of hydrogen-bond acceptors (Lipinski definition) is 5. The second-order valence-electron chi connectivity index (χ2n) is 4.55. The van der Waals surface area contributed by atoms with Gasteiger partial charge >= 0.3 is 0 Å². The van der Waals surface area contributed by atoms with Gasteiger partial charge in [0.25, 0.3) is 5.91 Å². The molecule has 0 aliphatic rings. The predicted molar refractivity (Wildman–Crippen MR) is 76.6 cm³/mol. The Morgan fingerprint density at radius 3 is 2.84 bits per heavy atom. The number of amides is 1. The first-order valence-corrected chi connectivity index (χ1v) is 7.57. The van der Waals surface area contributed by atoms with E-state index in [1.165, 1.54) is 18.0 Å². The summed E-state index contributed by atoms with van der Waals surface area (Å²) in [6.07, 6.45) is 3.29. The van der Waals surface area contributed by atoms with Crippen molar-refractivity contribution in [2.75, 3.05) is 12.8 Å². The monoisotopic (exact) mass is 303 g/mol. The normalized spacial score (nSPS) is 12.5. The minimum Gasteiger partial charge on any atom is -0.391 e. The molecule has 0 aliphatic carbocycles. The van der Waals surface area contributed by atoms with Gasteiger partial charge in [-0.05, 0) is 18.6 Å². The highest BCUT2D eigenvalue weighted by Gasteiger charge is 2.15. The molecule has 1 heterocycles. The Bertz CT molecular complexity index is 443. The van der Waals surface area contributed by atoms with E-state index >= 15 is 0 Å². The summed E-state index contributed by atoms with van der Waals surface area (Å²) in [6.45, 7) is 4.21. The highest BCUT2D eigenvalue weighted by Crippen LogP contribution is 2.16. The maximum atomic E-state index is 11.9. The quantitative estimate of drug-likeness (QED) is 0.621. The molecule has 1 amide bonds. The molecule has 106 valence electrons. The number of nitrogens with one attached hydrogen (secondary N) is 1. The van der Waals surface area contributed by atoms with Gasteiger partial charge in [0.05, 0.1) is 17.3 Å². The Morgan fingerprint density at radius 1 is 1.58 bits per heavy atom. The van der Waals surface area contributed by atoms with Crippen molar-refractivity contribution in [2.45, 2.75) is 31.5 Å². The highest BCUT2D eigenvalue weighted by molar-refractivity contribution is 7.98. The minimum atomic E-state index is -0.565. The number of aromatic nitrogens is 2. The van der Waals surface area contributed by atoms with Crippen molar-refractivity contribution in [3.8, 4) is 0 Å². The molecule has 0 bridgehead atoms. The summed E-state index contributed by atoms with van der Waals surface area (Å²) >= 11 is 7.22. The van der Waals surface area contributed by atoms with E-state index in [1.807, 2.05) is 20.1 Å². The van der Waals surface area contributed by atoms with Crippen molar-refractivity contribution in [3.63, 3.8) is 0 Å². The first-order chi connectivity index (χ1) is 8.93. The number of thioether (sulfide) groups is 1. The summed E-state index contributed by atoms with van der Waals surface area (Å²) in [4.78, 5) is 19.9. The largest absolute Gasteiger partial charge is 0.391 e. The summed E-state index contributed by atoms with van der Waals surface area (Å²) in [5.41, 5.74) is 0.137. The lowest BCUT2D eigenvalue weighted by molar-refractivity contribution is 0.0894. The van der Waals surface area contributed by atoms with Crippen LogP contribution in [0.25, 0.3) is 0 Å². The Balaban J connectivity index is 2.63. The predicted octanol–water partition coefficient (Wildman–Crippen LogP) is 1.99. The number of carbonyl (C=O) groups excluding carboxylic acids is 1. The highest BCUT2D eigenvalue weighted by atomic mass is 35.5. The summed E-state index contributed by atoms with van der Waals surface area (Å²) in [7, 11) is 0. The molecule has 0 aliphatic heterocycles. The third-order valence-corrected chi connectivity index (χ3v) is 3.20. The molecule has 0 spiro atoms. The van der Waals surface area contributed by atoms with Gasteiger partial charge in [0.1, 0.15) is 0 Å². The Labute approximate surface area is 122 Å². The van der Waals surface area contributed by atoms with E-state index in [2.05, 4.69) is 15.3 Å². The summed E-state index contributed by atoms with van der Waals surface area (Å²) < 4.78 is 0. The van der Waals surface area contributed by atoms with Crippen LogP contribution in [0.3, 0.4) is 0 Å². The molecule has 0 radical (unpaired) electrons. The van der Waals surface area contributed by atoms with Crippen molar-refractivity contribution in [2.24, 2.45) is 5.92 Å². The number of nitrogens with zero attached hydrogens (tertiary/aromatic N) is 2. The van der Waals surface area contributed by atoms with E-state index in [-0.39, 0.29) is 17.3 Å². The Kier molecular flexibility index (Phi) is 6.54. The van der Waals surface area contributed by atoms with Crippen LogP contribution in [0.15, 0.2) is 11.4 Å². The van der Waals surface area contributed by atoms with Crippen molar-refractivity contribution in [1.82, 2.24) is 15.3 Å². The maximum Gasteiger partial charge on any atom is 0.271 e. The van der Waals surface area contributed by atoms with Gasteiger partial charge in [-0.2, -0.15) is 0 Å². The second-order valence-corrected chi connectivity index (χ2v) is 5.73. The molecule has 1 rings (SSSR count). The minimum absolute atomic E-state index is 0.137. The van der Waals surface area contributed by atoms with Gasteiger partial charge < -0.3 is 10.4 Å². The smallest absolute Gasteiger partial charge is 0.271 e. The summed E-state index contributed by atoms with van der Waals surface area (Å²) in [5.74, 6) is -0.0249. The summed E-state index contributed by atoms with van der Waals surface area (Å²) in [5, 5.41) is 13.0. The number of halogens is 1. The van der Waals surface area contributed by atoms with Gasteiger partial charge in [0.2, 0.25) is 0 Å². The fourth-order valence-corrected chi connectivity index (χ4v) is 2.05. The van der Waals surface area contributed by atoms with Crippen LogP contribution in [0, 0.1) is 5.92 Å². The molecule has 0 fully saturated rings. The lowest BCUT2D eigenvalue weighted by atomic mass is 10.1. The molecule has 0 saturated carbocycles. The molecular formula is C12H18ClN3O2S. The van der Waals surface area contributed by atoms with E-state index in [4.69, 9.17) is 11.6 Å². The lowest BCUT2D eigenvalue weighted by Crippen LogP contribution is -2.33. The standard InChI is InChI=1S/C12H18ClN3O2S/c1-7(2)4-8(17)5-14-11(18)10-9(13)6-15-12(16-10)19-3/h6-8,17H,4-5H2,1-3H3,(H,14,18). The molecule has 5 nitrogen and oxygen atoms in total. The van der Waals surface area contributed by atoms with Gasteiger partial charge in [-0.15, -0.1) is 0 Å². The number of aliphatic hydroxyl groups excluding tert-OH is 1. The zero-order valence-corrected chi connectivity index (χ0v) is 12.8. The van der Waals surface area contributed by atoms with Crippen LogP contribution in [0.5, 0.6) is 0 Å². The van der Waals surface area contributed by atoms with E-state index in [0.717, 1.165) is 0 Å². The lowest BCUT2D eigenvalue weighted by Gasteiger charge is -2.14. The van der Waals surface area contributed by atoms with Crippen LogP contribution in [-0.2, 0) is 0 Å². The molecule has 2 N–H and O–H groups in total. The van der Waals surface area contributed by atoms with Gasteiger partial charge in [-0.3, -0.25) is 4.79 Å². The Morgan fingerprint density at radius 2 is 2.26 bits per heavy atom. The van der Waals surface area contributed by atoms with E-state index < -0.39 is 12.0 Å². The molecule has 0 saturated heterocycles. The molecule has 19 heavy (non-hydrogen) atoms.